The van der Waals surface area contributed by atoms with E-state index in [0.717, 1.165) is 19.4 Å². The maximum absolute atomic E-state index is 11.3. The lowest BCUT2D eigenvalue weighted by Gasteiger charge is -2.20. The summed E-state index contributed by atoms with van der Waals surface area (Å²) in [6, 6.07) is 0. The van der Waals surface area contributed by atoms with Gasteiger partial charge in [0.15, 0.2) is 0 Å². The minimum atomic E-state index is -0.133. The Morgan fingerprint density at radius 1 is 1.50 bits per heavy atom. The van der Waals surface area contributed by atoms with Crippen molar-refractivity contribution in [1.82, 2.24) is 0 Å². The smallest absolute Gasteiger partial charge is 0.308 e. The minimum Gasteiger partial charge on any atom is -0.466 e. The van der Waals surface area contributed by atoms with Crippen molar-refractivity contribution in [2.24, 2.45) is 5.92 Å². The summed E-state index contributed by atoms with van der Waals surface area (Å²) >= 11 is 0. The monoisotopic (exact) mass is 200 g/mol. The summed E-state index contributed by atoms with van der Waals surface area (Å²) < 4.78 is 10.5. The van der Waals surface area contributed by atoms with Crippen LogP contribution >= 0.6 is 0 Å². The zero-order chi connectivity index (χ0) is 10.4. The van der Waals surface area contributed by atoms with Gasteiger partial charge in [0.2, 0.25) is 0 Å². The Labute approximate surface area is 85.8 Å². The van der Waals surface area contributed by atoms with Crippen molar-refractivity contribution in [2.75, 3.05) is 13.2 Å². The summed E-state index contributed by atoms with van der Waals surface area (Å²) in [6.45, 7) is 5.22. The molecule has 0 spiro atoms. The third-order valence-corrected chi connectivity index (χ3v) is 2.69. The molecule has 1 aliphatic rings. The van der Waals surface area contributed by atoms with Gasteiger partial charge in [-0.3, -0.25) is 4.79 Å². The lowest BCUT2D eigenvalue weighted by atomic mass is 9.97. The topological polar surface area (TPSA) is 35.5 Å². The molecule has 0 bridgehead atoms. The van der Waals surface area contributed by atoms with Gasteiger partial charge in [0.05, 0.1) is 19.1 Å². The number of carbonyl (C=O) groups is 1. The summed E-state index contributed by atoms with van der Waals surface area (Å²) in [4.78, 5) is 11.3. The number of carbonyl (C=O) groups excluding carboxylic acids is 1. The first-order valence-corrected chi connectivity index (χ1v) is 5.51. The largest absolute Gasteiger partial charge is 0.466 e. The van der Waals surface area contributed by atoms with E-state index in [0.29, 0.717) is 18.9 Å². The molecule has 14 heavy (non-hydrogen) atoms. The van der Waals surface area contributed by atoms with Gasteiger partial charge in [0.25, 0.3) is 0 Å². The average Bonchev–Trinajstić information content (AvgIpc) is 2.33. The van der Waals surface area contributed by atoms with Crippen molar-refractivity contribution in [3.05, 3.63) is 0 Å². The fourth-order valence-electron chi connectivity index (χ4n) is 1.80. The Kier molecular flexibility index (Phi) is 4.94. The molecule has 82 valence electrons. The van der Waals surface area contributed by atoms with Crippen molar-refractivity contribution in [2.45, 2.75) is 45.6 Å². The van der Waals surface area contributed by atoms with Crippen LogP contribution in [0.1, 0.15) is 39.5 Å². The molecule has 0 aliphatic carbocycles. The van der Waals surface area contributed by atoms with Crippen LogP contribution in [0.15, 0.2) is 0 Å². The molecule has 1 fully saturated rings. The van der Waals surface area contributed by atoms with Gasteiger partial charge in [-0.15, -0.1) is 0 Å². The first kappa shape index (κ1) is 11.5. The van der Waals surface area contributed by atoms with Crippen LogP contribution in [0.25, 0.3) is 0 Å². The first-order chi connectivity index (χ1) is 6.74. The highest BCUT2D eigenvalue weighted by atomic mass is 16.5. The van der Waals surface area contributed by atoms with Crippen LogP contribution in [-0.2, 0) is 14.3 Å². The second-order valence-corrected chi connectivity index (χ2v) is 3.89. The quantitative estimate of drug-likeness (QED) is 0.655. The molecule has 3 nitrogen and oxygen atoms in total. The molecular formula is C11H20O3. The molecular weight excluding hydrogens is 180 g/mol. The van der Waals surface area contributed by atoms with Crippen molar-refractivity contribution in [3.8, 4) is 0 Å². The molecule has 2 atom stereocenters. The molecule has 1 heterocycles. The zero-order valence-electron chi connectivity index (χ0n) is 9.12. The van der Waals surface area contributed by atoms with Crippen LogP contribution in [0.3, 0.4) is 0 Å². The zero-order valence-corrected chi connectivity index (χ0v) is 9.12. The minimum absolute atomic E-state index is 0.0662. The Hall–Kier alpha value is -0.570. The molecule has 0 aromatic rings. The highest BCUT2D eigenvalue weighted by Crippen LogP contribution is 2.22. The van der Waals surface area contributed by atoms with Crippen LogP contribution in [-0.4, -0.2) is 25.3 Å². The Bertz CT molecular complexity index is 179. The number of ether oxygens (including phenoxy) is 2. The van der Waals surface area contributed by atoms with Gasteiger partial charge in [-0.25, -0.2) is 0 Å². The van der Waals surface area contributed by atoms with Crippen molar-refractivity contribution >= 4 is 5.97 Å². The molecule has 0 aromatic heterocycles. The van der Waals surface area contributed by atoms with E-state index >= 15 is 0 Å². The molecule has 3 heteroatoms. The molecule has 1 rings (SSSR count). The number of hydrogen-bond acceptors (Lipinski definition) is 3. The van der Waals surface area contributed by atoms with Gasteiger partial charge in [0.1, 0.15) is 0 Å². The van der Waals surface area contributed by atoms with Crippen LogP contribution in [0.2, 0.25) is 0 Å². The van der Waals surface area contributed by atoms with Crippen molar-refractivity contribution < 1.29 is 14.3 Å². The SMILES string of the molecule is CCOC(=O)C[C@H]1OCCCC[C@H]1C. The van der Waals surface area contributed by atoms with E-state index < -0.39 is 0 Å². The predicted molar refractivity (Wildman–Crippen MR) is 54.0 cm³/mol. The molecule has 0 aromatic carbocycles. The highest BCUT2D eigenvalue weighted by Gasteiger charge is 2.23. The van der Waals surface area contributed by atoms with Crippen molar-refractivity contribution in [3.63, 3.8) is 0 Å². The van der Waals surface area contributed by atoms with Crippen LogP contribution < -0.4 is 0 Å². The second-order valence-electron chi connectivity index (χ2n) is 3.89. The lowest BCUT2D eigenvalue weighted by Crippen LogP contribution is -2.25. The van der Waals surface area contributed by atoms with Crippen molar-refractivity contribution in [1.29, 1.82) is 0 Å². The highest BCUT2D eigenvalue weighted by molar-refractivity contribution is 5.69. The summed E-state index contributed by atoms with van der Waals surface area (Å²) in [5, 5.41) is 0. The van der Waals surface area contributed by atoms with Gasteiger partial charge in [-0.05, 0) is 25.7 Å². The molecule has 0 unspecified atom stereocenters. The average molecular weight is 200 g/mol. The van der Waals surface area contributed by atoms with E-state index in [2.05, 4.69) is 6.92 Å². The summed E-state index contributed by atoms with van der Waals surface area (Å²) in [7, 11) is 0. The van der Waals surface area contributed by atoms with Crippen LogP contribution in [0, 0.1) is 5.92 Å². The Balaban J connectivity index is 2.36. The molecule has 0 radical (unpaired) electrons. The molecule has 0 saturated carbocycles. The Morgan fingerprint density at radius 3 is 3.00 bits per heavy atom. The van der Waals surface area contributed by atoms with E-state index in [1.165, 1.54) is 6.42 Å². The normalized spacial score (nSPS) is 28.1. The first-order valence-electron chi connectivity index (χ1n) is 5.51. The summed E-state index contributed by atoms with van der Waals surface area (Å²) in [5.41, 5.74) is 0. The number of hydrogen-bond donors (Lipinski definition) is 0. The van der Waals surface area contributed by atoms with Crippen LogP contribution in [0.5, 0.6) is 0 Å². The summed E-state index contributed by atoms with van der Waals surface area (Å²) in [5.74, 6) is 0.341. The van der Waals surface area contributed by atoms with E-state index in [1.54, 1.807) is 0 Å². The molecule has 1 aliphatic heterocycles. The van der Waals surface area contributed by atoms with Crippen LogP contribution in [0.4, 0.5) is 0 Å². The predicted octanol–water partition coefficient (Wildman–Crippen LogP) is 2.14. The second kappa shape index (κ2) is 6.02. The third-order valence-electron chi connectivity index (χ3n) is 2.69. The summed E-state index contributed by atoms with van der Waals surface area (Å²) in [6.07, 6.45) is 3.96. The van der Waals surface area contributed by atoms with E-state index in [-0.39, 0.29) is 12.1 Å². The fraction of sp³-hybridized carbons (Fsp3) is 0.909. The molecule has 0 N–H and O–H groups in total. The van der Waals surface area contributed by atoms with Gasteiger partial charge in [0, 0.05) is 6.61 Å². The van der Waals surface area contributed by atoms with Gasteiger partial charge >= 0.3 is 5.97 Å². The van der Waals surface area contributed by atoms with Gasteiger partial charge < -0.3 is 9.47 Å². The maximum Gasteiger partial charge on any atom is 0.308 e. The van der Waals surface area contributed by atoms with E-state index in [1.807, 2.05) is 6.92 Å². The standard InChI is InChI=1S/C11H20O3/c1-3-13-11(12)8-10-9(2)6-4-5-7-14-10/h9-10H,3-8H2,1-2H3/t9-,10-/m1/s1. The lowest BCUT2D eigenvalue weighted by molar-refractivity contribution is -0.147. The number of rotatable bonds is 3. The third kappa shape index (κ3) is 3.66. The maximum atomic E-state index is 11.3. The van der Waals surface area contributed by atoms with E-state index in [9.17, 15) is 4.79 Å². The fourth-order valence-corrected chi connectivity index (χ4v) is 1.80. The van der Waals surface area contributed by atoms with Gasteiger partial charge in [-0.2, -0.15) is 0 Å². The van der Waals surface area contributed by atoms with E-state index in [4.69, 9.17) is 9.47 Å². The molecule has 0 amide bonds. The molecule has 1 saturated heterocycles. The Morgan fingerprint density at radius 2 is 2.29 bits per heavy atom. The van der Waals surface area contributed by atoms with Gasteiger partial charge in [-0.1, -0.05) is 13.3 Å². The number of esters is 1.